The van der Waals surface area contributed by atoms with Crippen molar-refractivity contribution in [3.05, 3.63) is 41.3 Å². The van der Waals surface area contributed by atoms with Gasteiger partial charge in [0.25, 0.3) is 0 Å². The number of nitrogens with zero attached hydrogens (tertiary/aromatic N) is 3. The molecule has 2 heterocycles. The van der Waals surface area contributed by atoms with E-state index in [4.69, 9.17) is 5.73 Å². The van der Waals surface area contributed by atoms with E-state index >= 15 is 0 Å². The first-order chi connectivity index (χ1) is 8.54. The molecule has 0 saturated carbocycles. The maximum Gasteiger partial charge on any atom is 0.194 e. The van der Waals surface area contributed by atoms with Crippen LogP contribution in [0.15, 0.2) is 34.6 Å². The fraction of sp³-hybridized carbons (Fsp3) is 0.308. The van der Waals surface area contributed by atoms with Gasteiger partial charge in [-0.1, -0.05) is 0 Å². The smallest absolute Gasteiger partial charge is 0.194 e. The van der Waals surface area contributed by atoms with Crippen LogP contribution in [0.4, 0.5) is 0 Å². The van der Waals surface area contributed by atoms with Crippen molar-refractivity contribution < 1.29 is 0 Å². The lowest BCUT2D eigenvalue weighted by Gasteiger charge is -2.07. The minimum absolute atomic E-state index is 0.00696. The van der Waals surface area contributed by atoms with Gasteiger partial charge in [-0.15, -0.1) is 0 Å². The van der Waals surface area contributed by atoms with Gasteiger partial charge in [-0.3, -0.25) is 0 Å². The van der Waals surface area contributed by atoms with Crippen LogP contribution < -0.4 is 5.73 Å². The van der Waals surface area contributed by atoms with Crippen LogP contribution in [0, 0.1) is 13.8 Å². The van der Waals surface area contributed by atoms with Gasteiger partial charge in [0.1, 0.15) is 5.03 Å². The third kappa shape index (κ3) is 3.27. The van der Waals surface area contributed by atoms with Crippen molar-refractivity contribution in [1.29, 1.82) is 0 Å². The van der Waals surface area contributed by atoms with Crippen molar-refractivity contribution in [2.24, 2.45) is 5.73 Å². The Bertz CT molecular complexity index is 534. The van der Waals surface area contributed by atoms with E-state index in [1.165, 1.54) is 11.8 Å². The number of aryl methyl sites for hydroxylation is 2. The van der Waals surface area contributed by atoms with Gasteiger partial charge in [0.2, 0.25) is 0 Å². The summed E-state index contributed by atoms with van der Waals surface area (Å²) in [7, 11) is 0. The molecule has 0 saturated heterocycles. The molecule has 18 heavy (non-hydrogen) atoms. The average molecular weight is 260 g/mol. The predicted molar refractivity (Wildman–Crippen MR) is 72.5 cm³/mol. The number of aromatic nitrogens is 3. The molecule has 0 fully saturated rings. The first-order valence-corrected chi connectivity index (χ1v) is 6.58. The molecule has 2 rings (SSSR count). The number of hydrogen-bond donors (Lipinski definition) is 1. The largest absolute Gasteiger partial charge is 0.324 e. The fourth-order valence-electron chi connectivity index (χ4n) is 1.60. The Hall–Kier alpha value is -1.46. The molecule has 0 unspecified atom stereocenters. The van der Waals surface area contributed by atoms with Crippen molar-refractivity contribution in [1.82, 2.24) is 15.0 Å². The maximum absolute atomic E-state index is 5.86. The van der Waals surface area contributed by atoms with Crippen LogP contribution in [0.5, 0.6) is 0 Å². The molecule has 0 spiro atoms. The summed E-state index contributed by atoms with van der Waals surface area (Å²) in [6.45, 7) is 5.88. The lowest BCUT2D eigenvalue weighted by molar-refractivity contribution is 0.807. The van der Waals surface area contributed by atoms with Gasteiger partial charge >= 0.3 is 0 Å². The molecule has 4 nitrogen and oxygen atoms in total. The molecule has 2 N–H and O–H groups in total. The second kappa shape index (κ2) is 5.46. The highest BCUT2D eigenvalue weighted by Crippen LogP contribution is 2.24. The van der Waals surface area contributed by atoms with E-state index in [0.717, 1.165) is 27.1 Å². The van der Waals surface area contributed by atoms with Gasteiger partial charge in [0.05, 0.1) is 0 Å². The minimum atomic E-state index is 0.00696. The fourth-order valence-corrected chi connectivity index (χ4v) is 2.47. The summed E-state index contributed by atoms with van der Waals surface area (Å²) in [5, 5.41) is 1.59. The lowest BCUT2D eigenvalue weighted by atomic mass is 10.1. The highest BCUT2D eigenvalue weighted by molar-refractivity contribution is 7.99. The van der Waals surface area contributed by atoms with Gasteiger partial charge < -0.3 is 5.73 Å². The average Bonchev–Trinajstić information content (AvgIpc) is 2.27. The zero-order chi connectivity index (χ0) is 13.1. The van der Waals surface area contributed by atoms with E-state index in [1.807, 2.05) is 39.0 Å². The normalized spacial score (nSPS) is 12.4. The predicted octanol–water partition coefficient (Wildman–Crippen LogP) is 2.66. The van der Waals surface area contributed by atoms with E-state index in [1.54, 1.807) is 6.20 Å². The Morgan fingerprint density at radius 1 is 1.17 bits per heavy atom. The quantitative estimate of drug-likeness (QED) is 0.859. The van der Waals surface area contributed by atoms with Gasteiger partial charge in [-0.25, -0.2) is 15.0 Å². The van der Waals surface area contributed by atoms with Crippen molar-refractivity contribution in [2.45, 2.75) is 37.0 Å². The summed E-state index contributed by atoms with van der Waals surface area (Å²) >= 11 is 1.46. The lowest BCUT2D eigenvalue weighted by Crippen LogP contribution is -2.05. The first-order valence-electron chi connectivity index (χ1n) is 5.76. The highest BCUT2D eigenvalue weighted by Gasteiger charge is 2.06. The van der Waals surface area contributed by atoms with Crippen molar-refractivity contribution in [2.75, 3.05) is 0 Å². The van der Waals surface area contributed by atoms with E-state index in [0.29, 0.717) is 0 Å². The molecule has 0 radical (unpaired) electrons. The van der Waals surface area contributed by atoms with Crippen LogP contribution in [0.25, 0.3) is 0 Å². The first kappa shape index (κ1) is 13.0. The molecule has 0 aromatic carbocycles. The maximum atomic E-state index is 5.86. The number of hydrogen-bond acceptors (Lipinski definition) is 5. The second-order valence-corrected chi connectivity index (χ2v) is 5.24. The standard InChI is InChI=1S/C13H16N4S/c1-8-6-9(2)17-13(16-8)18-12-7-11(10(3)14)4-5-15-12/h4-7,10H,14H2,1-3H3/t10-/m1/s1. The molecule has 0 amide bonds. The number of pyridine rings is 1. The highest BCUT2D eigenvalue weighted by atomic mass is 32.2. The van der Waals surface area contributed by atoms with Gasteiger partial charge in [-0.05, 0) is 56.3 Å². The van der Waals surface area contributed by atoms with Crippen LogP contribution in [0.3, 0.4) is 0 Å². The van der Waals surface area contributed by atoms with E-state index in [2.05, 4.69) is 15.0 Å². The van der Waals surface area contributed by atoms with E-state index in [9.17, 15) is 0 Å². The molecule has 0 bridgehead atoms. The molecule has 94 valence electrons. The Morgan fingerprint density at radius 2 is 1.83 bits per heavy atom. The minimum Gasteiger partial charge on any atom is -0.324 e. The summed E-state index contributed by atoms with van der Waals surface area (Å²) in [4.78, 5) is 13.1. The van der Waals surface area contributed by atoms with Crippen molar-refractivity contribution in [3.63, 3.8) is 0 Å². The summed E-state index contributed by atoms with van der Waals surface area (Å²) in [6, 6.07) is 5.87. The topological polar surface area (TPSA) is 64.7 Å². The second-order valence-electron chi connectivity index (χ2n) is 4.25. The van der Waals surface area contributed by atoms with Crippen molar-refractivity contribution in [3.8, 4) is 0 Å². The third-order valence-corrected chi connectivity index (χ3v) is 3.24. The number of nitrogens with two attached hydrogens (primary N) is 1. The summed E-state index contributed by atoms with van der Waals surface area (Å²) < 4.78 is 0. The summed E-state index contributed by atoms with van der Waals surface area (Å²) in [5.41, 5.74) is 8.85. The molecule has 0 aliphatic heterocycles. The zero-order valence-corrected chi connectivity index (χ0v) is 11.5. The third-order valence-electron chi connectivity index (χ3n) is 2.44. The molecule has 5 heteroatoms. The van der Waals surface area contributed by atoms with E-state index < -0.39 is 0 Å². The molecule has 1 atom stereocenters. The van der Waals surface area contributed by atoms with Crippen LogP contribution in [-0.2, 0) is 0 Å². The Balaban J connectivity index is 2.25. The van der Waals surface area contributed by atoms with Crippen LogP contribution >= 0.6 is 11.8 Å². The monoisotopic (exact) mass is 260 g/mol. The Kier molecular flexibility index (Phi) is 3.93. The van der Waals surface area contributed by atoms with E-state index in [-0.39, 0.29) is 6.04 Å². The van der Waals surface area contributed by atoms with Gasteiger partial charge in [-0.2, -0.15) is 0 Å². The van der Waals surface area contributed by atoms with Crippen LogP contribution in [0.1, 0.15) is 29.9 Å². The molecule has 0 aliphatic rings. The molecule has 0 aliphatic carbocycles. The Morgan fingerprint density at radius 3 is 2.44 bits per heavy atom. The summed E-state index contributed by atoms with van der Waals surface area (Å²) in [5.74, 6) is 0. The van der Waals surface area contributed by atoms with Crippen LogP contribution in [-0.4, -0.2) is 15.0 Å². The zero-order valence-electron chi connectivity index (χ0n) is 10.7. The van der Waals surface area contributed by atoms with Gasteiger partial charge in [0.15, 0.2) is 5.16 Å². The summed E-state index contributed by atoms with van der Waals surface area (Å²) in [6.07, 6.45) is 1.77. The van der Waals surface area contributed by atoms with Crippen LogP contribution in [0.2, 0.25) is 0 Å². The molecular formula is C13H16N4S. The Labute approximate surface area is 111 Å². The molecule has 2 aromatic heterocycles. The molecular weight excluding hydrogens is 244 g/mol. The van der Waals surface area contributed by atoms with Gasteiger partial charge in [0, 0.05) is 23.6 Å². The van der Waals surface area contributed by atoms with Crippen molar-refractivity contribution >= 4 is 11.8 Å². The number of rotatable bonds is 3. The SMILES string of the molecule is Cc1cc(C)nc(Sc2cc([C@@H](C)N)ccn2)n1. The molecule has 2 aromatic rings.